The van der Waals surface area contributed by atoms with Crippen LogP contribution in [0.15, 0.2) is 47.5 Å². The Morgan fingerprint density at radius 1 is 1.14 bits per heavy atom. The van der Waals surface area contributed by atoms with Gasteiger partial charge in [0.15, 0.2) is 5.82 Å². The van der Waals surface area contributed by atoms with E-state index in [9.17, 15) is 9.90 Å². The van der Waals surface area contributed by atoms with Gasteiger partial charge in [-0.25, -0.2) is 4.98 Å². The van der Waals surface area contributed by atoms with E-state index in [4.69, 9.17) is 23.2 Å². The van der Waals surface area contributed by atoms with Gasteiger partial charge in [-0.2, -0.15) is 4.80 Å². The normalized spacial score (nSPS) is 12.4. The highest BCUT2D eigenvalue weighted by Gasteiger charge is 2.14. The molecule has 0 saturated carbocycles. The molecule has 0 spiro atoms. The van der Waals surface area contributed by atoms with Crippen molar-refractivity contribution in [1.82, 2.24) is 29.8 Å². The Balaban J connectivity index is 1.55. The summed E-state index contributed by atoms with van der Waals surface area (Å²) in [7, 11) is 0. The van der Waals surface area contributed by atoms with Crippen LogP contribution in [-0.2, 0) is 13.1 Å². The first-order valence-corrected chi connectivity index (χ1v) is 9.52. The van der Waals surface area contributed by atoms with E-state index in [0.717, 1.165) is 5.56 Å². The first kappa shape index (κ1) is 19.5. The lowest BCUT2D eigenvalue weighted by Crippen LogP contribution is -2.22. The van der Waals surface area contributed by atoms with Crippen LogP contribution >= 0.6 is 23.2 Å². The standard InChI is InChI=1S/C19H16Cl2N6O2/c1-11-2-7-14(21)18-17(11)19(29)26(10-22-18)9-16-23-25-27(24-16)8-15(28)12-3-5-13(20)6-4-12/h2-7,10,15,28H,8-9H2,1H3. The van der Waals surface area contributed by atoms with Crippen LogP contribution in [0.3, 0.4) is 0 Å². The van der Waals surface area contributed by atoms with Crippen LogP contribution in [0.5, 0.6) is 0 Å². The molecule has 0 radical (unpaired) electrons. The number of aryl methyl sites for hydroxylation is 1. The minimum Gasteiger partial charge on any atom is -0.386 e. The minimum absolute atomic E-state index is 0.102. The van der Waals surface area contributed by atoms with Gasteiger partial charge in [0.2, 0.25) is 0 Å². The summed E-state index contributed by atoms with van der Waals surface area (Å²) in [5.74, 6) is 0.330. The molecular weight excluding hydrogens is 415 g/mol. The van der Waals surface area contributed by atoms with E-state index >= 15 is 0 Å². The molecule has 0 bridgehead atoms. The lowest BCUT2D eigenvalue weighted by atomic mass is 10.1. The Labute approximate surface area is 175 Å². The van der Waals surface area contributed by atoms with Gasteiger partial charge in [-0.3, -0.25) is 9.36 Å². The summed E-state index contributed by atoms with van der Waals surface area (Å²) in [5.41, 5.74) is 1.72. The van der Waals surface area contributed by atoms with Gasteiger partial charge in [0, 0.05) is 5.02 Å². The molecule has 1 atom stereocenters. The van der Waals surface area contributed by atoms with Gasteiger partial charge >= 0.3 is 0 Å². The molecule has 148 valence electrons. The van der Waals surface area contributed by atoms with Crippen LogP contribution in [0.2, 0.25) is 10.0 Å². The molecule has 1 unspecified atom stereocenters. The molecule has 0 aliphatic rings. The van der Waals surface area contributed by atoms with Crippen molar-refractivity contribution in [3.63, 3.8) is 0 Å². The fourth-order valence-corrected chi connectivity index (χ4v) is 3.35. The number of benzene rings is 2. The number of aliphatic hydroxyl groups excluding tert-OH is 1. The number of hydrogen-bond acceptors (Lipinski definition) is 6. The van der Waals surface area contributed by atoms with Gasteiger partial charge in [-0.15, -0.1) is 10.2 Å². The molecule has 0 aliphatic carbocycles. The van der Waals surface area contributed by atoms with Crippen LogP contribution in [0.4, 0.5) is 0 Å². The lowest BCUT2D eigenvalue weighted by Gasteiger charge is -2.09. The Hall–Kier alpha value is -2.81. The van der Waals surface area contributed by atoms with E-state index in [1.807, 2.05) is 6.92 Å². The van der Waals surface area contributed by atoms with Crippen LogP contribution in [0.1, 0.15) is 23.1 Å². The van der Waals surface area contributed by atoms with E-state index in [1.54, 1.807) is 36.4 Å². The molecule has 2 aromatic heterocycles. The van der Waals surface area contributed by atoms with Crippen molar-refractivity contribution < 1.29 is 5.11 Å². The van der Waals surface area contributed by atoms with Gasteiger partial charge in [-0.05, 0) is 41.5 Å². The summed E-state index contributed by atoms with van der Waals surface area (Å²) in [6.45, 7) is 2.05. The highest BCUT2D eigenvalue weighted by atomic mass is 35.5. The zero-order chi connectivity index (χ0) is 20.5. The molecule has 0 aliphatic heterocycles. The summed E-state index contributed by atoms with van der Waals surface area (Å²) in [4.78, 5) is 18.4. The second kappa shape index (κ2) is 7.90. The first-order valence-electron chi connectivity index (χ1n) is 8.77. The molecule has 2 aromatic carbocycles. The molecule has 0 amide bonds. The quantitative estimate of drug-likeness (QED) is 0.522. The van der Waals surface area contributed by atoms with Gasteiger partial charge in [-0.1, -0.05) is 41.4 Å². The van der Waals surface area contributed by atoms with Crippen LogP contribution in [0, 0.1) is 6.92 Å². The molecule has 1 N–H and O–H groups in total. The Kier molecular flexibility index (Phi) is 5.31. The monoisotopic (exact) mass is 430 g/mol. The van der Waals surface area contributed by atoms with E-state index in [2.05, 4.69) is 20.4 Å². The number of aliphatic hydroxyl groups is 1. The highest BCUT2D eigenvalue weighted by molar-refractivity contribution is 6.35. The maximum Gasteiger partial charge on any atom is 0.261 e. The lowest BCUT2D eigenvalue weighted by molar-refractivity contribution is 0.144. The summed E-state index contributed by atoms with van der Waals surface area (Å²) < 4.78 is 1.41. The van der Waals surface area contributed by atoms with Crippen LogP contribution in [-0.4, -0.2) is 34.9 Å². The second-order valence-corrected chi connectivity index (χ2v) is 7.44. The number of fused-ring (bicyclic) bond motifs is 1. The Morgan fingerprint density at radius 2 is 1.90 bits per heavy atom. The van der Waals surface area contributed by atoms with Crippen LogP contribution < -0.4 is 5.56 Å². The smallest absolute Gasteiger partial charge is 0.261 e. The fourth-order valence-electron chi connectivity index (χ4n) is 3.01. The number of rotatable bonds is 5. The average Bonchev–Trinajstić information content (AvgIpc) is 3.14. The predicted octanol–water partition coefficient (Wildman–Crippen LogP) is 2.78. The molecule has 2 heterocycles. The van der Waals surface area contributed by atoms with Crippen molar-refractivity contribution in [2.45, 2.75) is 26.1 Å². The fraction of sp³-hybridized carbons (Fsp3) is 0.211. The summed E-state index contributed by atoms with van der Waals surface area (Å²) in [6.07, 6.45) is 0.600. The summed E-state index contributed by atoms with van der Waals surface area (Å²) >= 11 is 12.0. The molecule has 8 nitrogen and oxygen atoms in total. The summed E-state index contributed by atoms with van der Waals surface area (Å²) in [6, 6.07) is 10.4. The molecule has 0 fully saturated rings. The first-order chi connectivity index (χ1) is 13.9. The van der Waals surface area contributed by atoms with Crippen molar-refractivity contribution in [2.24, 2.45) is 0 Å². The maximum atomic E-state index is 12.8. The third-order valence-electron chi connectivity index (χ3n) is 4.54. The third kappa shape index (κ3) is 4.00. The number of halogens is 2. The zero-order valence-electron chi connectivity index (χ0n) is 15.3. The van der Waals surface area contributed by atoms with E-state index in [0.29, 0.717) is 32.3 Å². The average molecular weight is 431 g/mol. The molecule has 4 rings (SSSR count). The molecule has 0 saturated heterocycles. The number of tetrazole rings is 1. The van der Waals surface area contributed by atoms with E-state index in [-0.39, 0.29) is 18.6 Å². The van der Waals surface area contributed by atoms with Crippen molar-refractivity contribution in [2.75, 3.05) is 0 Å². The highest BCUT2D eigenvalue weighted by Crippen LogP contribution is 2.21. The maximum absolute atomic E-state index is 12.8. The van der Waals surface area contributed by atoms with Crippen LogP contribution in [0.25, 0.3) is 10.9 Å². The predicted molar refractivity (Wildman–Crippen MR) is 109 cm³/mol. The van der Waals surface area contributed by atoms with Gasteiger partial charge in [0.05, 0.1) is 35.3 Å². The zero-order valence-corrected chi connectivity index (χ0v) is 16.8. The molecule has 10 heteroatoms. The van der Waals surface area contributed by atoms with Gasteiger partial charge < -0.3 is 5.11 Å². The van der Waals surface area contributed by atoms with E-state index in [1.165, 1.54) is 15.7 Å². The number of hydrogen-bond donors (Lipinski definition) is 1. The summed E-state index contributed by atoms with van der Waals surface area (Å²) in [5, 5.41) is 24.0. The van der Waals surface area contributed by atoms with Gasteiger partial charge in [0.1, 0.15) is 6.10 Å². The molecule has 4 aromatic rings. The molecule has 29 heavy (non-hydrogen) atoms. The van der Waals surface area contributed by atoms with Crippen molar-refractivity contribution in [1.29, 1.82) is 0 Å². The van der Waals surface area contributed by atoms with Crippen molar-refractivity contribution in [3.05, 3.63) is 80.1 Å². The topological polar surface area (TPSA) is 98.7 Å². The second-order valence-electron chi connectivity index (χ2n) is 6.59. The number of nitrogens with zero attached hydrogens (tertiary/aromatic N) is 6. The number of aromatic nitrogens is 6. The van der Waals surface area contributed by atoms with Gasteiger partial charge in [0.25, 0.3) is 5.56 Å². The molecular formula is C19H16Cl2N6O2. The Morgan fingerprint density at radius 3 is 2.66 bits per heavy atom. The van der Waals surface area contributed by atoms with E-state index < -0.39 is 6.10 Å². The SMILES string of the molecule is Cc1ccc(Cl)c2ncn(Cc3nnn(CC(O)c4ccc(Cl)cc4)n3)c(=O)c12. The largest absolute Gasteiger partial charge is 0.386 e. The Bertz CT molecular complexity index is 1240. The van der Waals surface area contributed by atoms with Crippen molar-refractivity contribution >= 4 is 34.1 Å². The van der Waals surface area contributed by atoms with Crippen molar-refractivity contribution in [3.8, 4) is 0 Å². The minimum atomic E-state index is -0.816. The third-order valence-corrected chi connectivity index (χ3v) is 5.09.